The lowest BCUT2D eigenvalue weighted by atomic mass is 9.98. The Morgan fingerprint density at radius 2 is 1.67 bits per heavy atom. The number of carbonyl (C=O) groups excluding carboxylic acids is 2. The first-order valence-electron chi connectivity index (χ1n) is 9.71. The maximum atomic E-state index is 12.9. The van der Waals surface area contributed by atoms with Crippen molar-refractivity contribution in [1.82, 2.24) is 4.31 Å². The van der Waals surface area contributed by atoms with Gasteiger partial charge in [-0.25, -0.2) is 12.8 Å². The number of ketones is 1. The van der Waals surface area contributed by atoms with Crippen molar-refractivity contribution in [3.05, 3.63) is 65.0 Å². The van der Waals surface area contributed by atoms with Crippen LogP contribution in [0.5, 0.6) is 0 Å². The first kappa shape index (κ1) is 22.1. The number of Topliss-reactive ketones (excluding diaryl/α,β-unsaturated/α-hetero) is 1. The number of hydrogen-bond donors (Lipinski definition) is 0. The highest BCUT2D eigenvalue weighted by Crippen LogP contribution is 2.25. The van der Waals surface area contributed by atoms with Crippen molar-refractivity contribution in [1.29, 1.82) is 0 Å². The largest absolute Gasteiger partial charge is 0.457 e. The molecule has 1 aliphatic heterocycles. The Hall–Kier alpha value is -2.58. The molecule has 2 aromatic rings. The molecule has 0 N–H and O–H groups in total. The summed E-state index contributed by atoms with van der Waals surface area (Å²) in [5.41, 5.74) is 2.18. The van der Waals surface area contributed by atoms with E-state index in [1.165, 1.54) is 28.6 Å². The average molecular weight is 434 g/mol. The van der Waals surface area contributed by atoms with E-state index in [0.29, 0.717) is 12.8 Å². The number of ether oxygens (including phenoxy) is 1. The summed E-state index contributed by atoms with van der Waals surface area (Å²) in [6, 6.07) is 10.0. The molecule has 160 valence electrons. The van der Waals surface area contributed by atoms with E-state index in [4.69, 9.17) is 4.74 Å². The Morgan fingerprint density at radius 3 is 2.27 bits per heavy atom. The predicted molar refractivity (Wildman–Crippen MR) is 109 cm³/mol. The summed E-state index contributed by atoms with van der Waals surface area (Å²) >= 11 is 0. The first-order valence-corrected chi connectivity index (χ1v) is 11.2. The van der Waals surface area contributed by atoms with Gasteiger partial charge in [0.1, 0.15) is 5.82 Å². The van der Waals surface area contributed by atoms with Gasteiger partial charge in [0.25, 0.3) is 0 Å². The standard InChI is InChI=1S/C22H24FNO5S/c1-15-3-8-20(13-16(15)2)30(27,28)24-11-9-18(10-12-24)22(26)29-14-21(25)17-4-6-19(23)7-5-17/h3-8,13,18H,9-12,14H2,1-2H3. The summed E-state index contributed by atoms with van der Waals surface area (Å²) in [7, 11) is -3.62. The highest BCUT2D eigenvalue weighted by Gasteiger charge is 2.33. The van der Waals surface area contributed by atoms with Crippen molar-refractivity contribution in [3.63, 3.8) is 0 Å². The molecule has 1 heterocycles. The fourth-order valence-electron chi connectivity index (χ4n) is 3.33. The van der Waals surface area contributed by atoms with Crippen molar-refractivity contribution in [3.8, 4) is 0 Å². The van der Waals surface area contributed by atoms with Crippen LogP contribution in [0.25, 0.3) is 0 Å². The molecule has 1 saturated heterocycles. The molecule has 1 fully saturated rings. The second-order valence-electron chi connectivity index (χ2n) is 7.46. The second kappa shape index (κ2) is 9.06. The van der Waals surface area contributed by atoms with Crippen molar-refractivity contribution >= 4 is 21.8 Å². The number of aryl methyl sites for hydroxylation is 2. The van der Waals surface area contributed by atoms with Crippen LogP contribution in [-0.4, -0.2) is 44.2 Å². The Bertz CT molecular complexity index is 1040. The van der Waals surface area contributed by atoms with Crippen LogP contribution in [0.2, 0.25) is 0 Å². The highest BCUT2D eigenvalue weighted by atomic mass is 32.2. The third kappa shape index (κ3) is 4.94. The zero-order valence-corrected chi connectivity index (χ0v) is 17.7. The maximum absolute atomic E-state index is 12.9. The quantitative estimate of drug-likeness (QED) is 0.516. The number of carbonyl (C=O) groups is 2. The number of benzene rings is 2. The van der Waals surface area contributed by atoms with Gasteiger partial charge in [0, 0.05) is 18.7 Å². The van der Waals surface area contributed by atoms with E-state index in [1.54, 1.807) is 18.2 Å². The molecule has 0 atom stereocenters. The van der Waals surface area contributed by atoms with Crippen LogP contribution in [0, 0.1) is 25.6 Å². The number of piperidine rings is 1. The van der Waals surface area contributed by atoms with Crippen LogP contribution < -0.4 is 0 Å². The van der Waals surface area contributed by atoms with Crippen molar-refractivity contribution in [2.75, 3.05) is 19.7 Å². The van der Waals surface area contributed by atoms with Crippen LogP contribution in [0.1, 0.15) is 34.3 Å². The SMILES string of the molecule is Cc1ccc(S(=O)(=O)N2CCC(C(=O)OCC(=O)c3ccc(F)cc3)CC2)cc1C. The lowest BCUT2D eigenvalue weighted by Crippen LogP contribution is -2.40. The zero-order valence-electron chi connectivity index (χ0n) is 16.9. The van der Waals surface area contributed by atoms with Gasteiger partial charge in [0.05, 0.1) is 10.8 Å². The van der Waals surface area contributed by atoms with Gasteiger partial charge in [-0.1, -0.05) is 6.07 Å². The van der Waals surface area contributed by atoms with E-state index < -0.39 is 40.1 Å². The predicted octanol–water partition coefficient (Wildman–Crippen LogP) is 3.27. The molecule has 0 bridgehead atoms. The monoisotopic (exact) mass is 433 g/mol. The van der Waals surface area contributed by atoms with E-state index in [2.05, 4.69) is 0 Å². The van der Waals surface area contributed by atoms with Gasteiger partial charge in [0.15, 0.2) is 12.4 Å². The van der Waals surface area contributed by atoms with Crippen LogP contribution in [-0.2, 0) is 19.6 Å². The average Bonchev–Trinajstić information content (AvgIpc) is 2.74. The third-order valence-electron chi connectivity index (χ3n) is 5.42. The summed E-state index contributed by atoms with van der Waals surface area (Å²) in [4.78, 5) is 24.6. The van der Waals surface area contributed by atoms with E-state index >= 15 is 0 Å². The minimum Gasteiger partial charge on any atom is -0.457 e. The first-order chi connectivity index (χ1) is 14.2. The molecule has 2 aromatic carbocycles. The van der Waals surface area contributed by atoms with Gasteiger partial charge < -0.3 is 4.74 Å². The number of nitrogens with zero attached hydrogens (tertiary/aromatic N) is 1. The zero-order chi connectivity index (χ0) is 21.9. The molecular formula is C22H24FNO5S. The molecule has 6 nitrogen and oxygen atoms in total. The summed E-state index contributed by atoms with van der Waals surface area (Å²) in [5.74, 6) is -1.85. The van der Waals surface area contributed by atoms with Crippen molar-refractivity contribution in [2.24, 2.45) is 5.92 Å². The highest BCUT2D eigenvalue weighted by molar-refractivity contribution is 7.89. The summed E-state index contributed by atoms with van der Waals surface area (Å²) in [6.45, 7) is 3.78. The van der Waals surface area contributed by atoms with Gasteiger partial charge in [0.2, 0.25) is 10.0 Å². The number of rotatable bonds is 6. The van der Waals surface area contributed by atoms with Crippen LogP contribution in [0.4, 0.5) is 4.39 Å². The molecule has 0 unspecified atom stereocenters. The molecule has 3 rings (SSSR count). The second-order valence-corrected chi connectivity index (χ2v) is 9.40. The van der Waals surface area contributed by atoms with Crippen molar-refractivity contribution in [2.45, 2.75) is 31.6 Å². The normalized spacial score (nSPS) is 15.7. The minimum atomic E-state index is -3.62. The minimum absolute atomic E-state index is 0.209. The number of esters is 1. The molecule has 8 heteroatoms. The van der Waals surface area contributed by atoms with Gasteiger partial charge in [-0.05, 0) is 74.2 Å². The van der Waals surface area contributed by atoms with E-state index in [1.807, 2.05) is 13.8 Å². The van der Waals surface area contributed by atoms with E-state index in [9.17, 15) is 22.4 Å². The van der Waals surface area contributed by atoms with Gasteiger partial charge in [-0.2, -0.15) is 4.31 Å². The van der Waals surface area contributed by atoms with Crippen LogP contribution in [0.15, 0.2) is 47.4 Å². The molecular weight excluding hydrogens is 409 g/mol. The molecule has 0 radical (unpaired) electrons. The molecule has 0 saturated carbocycles. The number of halogens is 1. The van der Waals surface area contributed by atoms with E-state index in [0.717, 1.165) is 11.1 Å². The molecule has 0 aromatic heterocycles. The van der Waals surface area contributed by atoms with Crippen LogP contribution in [0.3, 0.4) is 0 Å². The molecule has 30 heavy (non-hydrogen) atoms. The van der Waals surface area contributed by atoms with Gasteiger partial charge in [-0.15, -0.1) is 0 Å². The summed E-state index contributed by atoms with van der Waals surface area (Å²) in [5, 5.41) is 0. The fraction of sp³-hybridized carbons (Fsp3) is 0.364. The Morgan fingerprint density at radius 1 is 1.03 bits per heavy atom. The van der Waals surface area contributed by atoms with E-state index in [-0.39, 0.29) is 23.5 Å². The Kier molecular flexibility index (Phi) is 6.67. The molecule has 1 aliphatic rings. The smallest absolute Gasteiger partial charge is 0.309 e. The fourth-order valence-corrected chi connectivity index (χ4v) is 4.88. The van der Waals surface area contributed by atoms with Crippen molar-refractivity contribution < 1.29 is 27.1 Å². The Labute approximate surface area is 175 Å². The summed E-state index contributed by atoms with van der Waals surface area (Å²) in [6.07, 6.45) is 0.654. The summed E-state index contributed by atoms with van der Waals surface area (Å²) < 4.78 is 45.1. The number of hydrogen-bond acceptors (Lipinski definition) is 5. The maximum Gasteiger partial charge on any atom is 0.309 e. The molecule has 0 amide bonds. The molecule has 0 spiro atoms. The molecule has 0 aliphatic carbocycles. The topological polar surface area (TPSA) is 80.8 Å². The van der Waals surface area contributed by atoms with Gasteiger partial charge >= 0.3 is 5.97 Å². The Balaban J connectivity index is 1.54. The number of sulfonamides is 1. The lowest BCUT2D eigenvalue weighted by Gasteiger charge is -2.30. The van der Waals surface area contributed by atoms with Crippen LogP contribution >= 0.6 is 0 Å². The third-order valence-corrected chi connectivity index (χ3v) is 7.31. The lowest BCUT2D eigenvalue weighted by molar-refractivity contribution is -0.148. The van der Waals surface area contributed by atoms with Gasteiger partial charge in [-0.3, -0.25) is 9.59 Å².